The molecule has 1 atom stereocenters. The van der Waals surface area contributed by atoms with E-state index in [4.69, 9.17) is 5.11 Å². The topological polar surface area (TPSA) is 42.4 Å². The van der Waals surface area contributed by atoms with Crippen LogP contribution < -0.4 is 4.74 Å². The van der Waals surface area contributed by atoms with E-state index in [-0.39, 0.29) is 5.88 Å². The molecule has 1 heterocycles. The van der Waals surface area contributed by atoms with Crippen molar-refractivity contribution in [2.75, 3.05) is 7.11 Å². The predicted octanol–water partition coefficient (Wildman–Crippen LogP) is 1.69. The highest BCUT2D eigenvalue weighted by atomic mass is 19.4. The molecule has 6 heteroatoms. The fourth-order valence-electron chi connectivity index (χ4n) is 0.864. The predicted molar refractivity (Wildman–Crippen MR) is 41.8 cm³/mol. The maximum atomic E-state index is 12.0. The molecule has 0 aliphatic heterocycles. The molecule has 0 bridgehead atoms. The Kier molecular flexibility index (Phi) is 2.95. The summed E-state index contributed by atoms with van der Waals surface area (Å²) in [4.78, 5) is 3.47. The lowest BCUT2D eigenvalue weighted by molar-refractivity contribution is -0.208. The third-order valence-electron chi connectivity index (χ3n) is 1.54. The zero-order chi connectivity index (χ0) is 10.8. The molecule has 0 saturated carbocycles. The van der Waals surface area contributed by atoms with E-state index in [9.17, 15) is 13.2 Å². The van der Waals surface area contributed by atoms with Crippen LogP contribution in [-0.2, 0) is 0 Å². The van der Waals surface area contributed by atoms with Crippen LogP contribution in [0.4, 0.5) is 13.2 Å². The summed E-state index contributed by atoms with van der Waals surface area (Å²) in [5.74, 6) is 0.0331. The molecular weight excluding hydrogens is 199 g/mol. The quantitative estimate of drug-likeness (QED) is 0.802. The van der Waals surface area contributed by atoms with Crippen molar-refractivity contribution in [3.8, 4) is 5.88 Å². The fraction of sp³-hybridized carbons (Fsp3) is 0.375. The van der Waals surface area contributed by atoms with Gasteiger partial charge in [-0.1, -0.05) is 6.07 Å². The molecule has 0 saturated heterocycles. The minimum atomic E-state index is -4.71. The average molecular weight is 207 g/mol. The highest BCUT2D eigenvalue weighted by Crippen LogP contribution is 2.31. The molecule has 0 aromatic carbocycles. The number of aliphatic hydroxyl groups is 1. The average Bonchev–Trinajstić information content (AvgIpc) is 2.15. The van der Waals surface area contributed by atoms with Crippen molar-refractivity contribution in [1.82, 2.24) is 4.98 Å². The van der Waals surface area contributed by atoms with Gasteiger partial charge in [-0.2, -0.15) is 13.2 Å². The lowest BCUT2D eigenvalue weighted by Gasteiger charge is -2.13. The summed E-state index contributed by atoms with van der Waals surface area (Å²) < 4.78 is 40.7. The van der Waals surface area contributed by atoms with E-state index in [1.807, 2.05) is 0 Å². The second-order valence-electron chi connectivity index (χ2n) is 2.55. The second kappa shape index (κ2) is 3.83. The minimum absolute atomic E-state index is 0.0331. The number of pyridine rings is 1. The van der Waals surface area contributed by atoms with Gasteiger partial charge in [-0.25, -0.2) is 4.98 Å². The van der Waals surface area contributed by atoms with Gasteiger partial charge in [0.25, 0.3) is 0 Å². The molecule has 0 aliphatic carbocycles. The van der Waals surface area contributed by atoms with Gasteiger partial charge in [-0.3, -0.25) is 0 Å². The summed E-state index contributed by atoms with van der Waals surface area (Å²) >= 11 is 0. The van der Waals surface area contributed by atoms with Crippen LogP contribution in [0.25, 0.3) is 0 Å². The third-order valence-corrected chi connectivity index (χ3v) is 1.54. The first kappa shape index (κ1) is 10.8. The molecule has 0 amide bonds. The highest BCUT2D eigenvalue weighted by molar-refractivity contribution is 5.17. The Morgan fingerprint density at radius 3 is 2.57 bits per heavy atom. The Labute approximate surface area is 78.2 Å². The number of hydrogen-bond acceptors (Lipinski definition) is 3. The number of hydrogen-bond donors (Lipinski definition) is 1. The number of ether oxygens (including phenoxy) is 1. The SMILES string of the molecule is COc1cccc([C@H](O)C(F)(F)F)n1. The van der Waals surface area contributed by atoms with Gasteiger partial charge >= 0.3 is 6.18 Å². The largest absolute Gasteiger partial charge is 0.481 e. The van der Waals surface area contributed by atoms with E-state index >= 15 is 0 Å². The zero-order valence-corrected chi connectivity index (χ0v) is 7.25. The number of methoxy groups -OCH3 is 1. The molecular formula is C8H8F3NO2. The van der Waals surface area contributed by atoms with E-state index < -0.39 is 18.0 Å². The molecule has 78 valence electrons. The van der Waals surface area contributed by atoms with Crippen LogP contribution in [0.2, 0.25) is 0 Å². The van der Waals surface area contributed by atoms with Gasteiger partial charge < -0.3 is 9.84 Å². The van der Waals surface area contributed by atoms with Crippen molar-refractivity contribution < 1.29 is 23.0 Å². The molecule has 1 aromatic heterocycles. The van der Waals surface area contributed by atoms with Crippen LogP contribution >= 0.6 is 0 Å². The lowest BCUT2D eigenvalue weighted by atomic mass is 10.2. The number of nitrogens with zero attached hydrogens (tertiary/aromatic N) is 1. The number of alkyl halides is 3. The van der Waals surface area contributed by atoms with Gasteiger partial charge in [0, 0.05) is 6.07 Å². The summed E-state index contributed by atoms with van der Waals surface area (Å²) in [6.45, 7) is 0. The Balaban J connectivity index is 2.95. The van der Waals surface area contributed by atoms with E-state index in [2.05, 4.69) is 9.72 Å². The monoisotopic (exact) mass is 207 g/mol. The number of aromatic nitrogens is 1. The van der Waals surface area contributed by atoms with E-state index in [1.54, 1.807) is 0 Å². The van der Waals surface area contributed by atoms with Crippen LogP contribution in [0.1, 0.15) is 11.8 Å². The fourth-order valence-corrected chi connectivity index (χ4v) is 0.864. The summed E-state index contributed by atoms with van der Waals surface area (Å²) in [6, 6.07) is 3.81. The molecule has 0 fully saturated rings. The second-order valence-corrected chi connectivity index (χ2v) is 2.55. The highest BCUT2D eigenvalue weighted by Gasteiger charge is 2.40. The van der Waals surface area contributed by atoms with Crippen LogP contribution in [0.3, 0.4) is 0 Å². The van der Waals surface area contributed by atoms with Gasteiger partial charge in [0.1, 0.15) is 0 Å². The molecule has 3 nitrogen and oxygen atoms in total. The summed E-state index contributed by atoms with van der Waals surface area (Å²) in [5.41, 5.74) is -0.475. The van der Waals surface area contributed by atoms with Crippen LogP contribution in [0, 0.1) is 0 Å². The van der Waals surface area contributed by atoms with Gasteiger partial charge in [-0.15, -0.1) is 0 Å². The maximum absolute atomic E-state index is 12.0. The smallest absolute Gasteiger partial charge is 0.420 e. The molecule has 1 rings (SSSR count). The van der Waals surface area contributed by atoms with Gasteiger partial charge in [0.15, 0.2) is 6.10 Å². The molecule has 1 N–H and O–H groups in total. The lowest BCUT2D eigenvalue weighted by Crippen LogP contribution is -2.21. The van der Waals surface area contributed by atoms with Crippen molar-refractivity contribution in [3.63, 3.8) is 0 Å². The molecule has 14 heavy (non-hydrogen) atoms. The van der Waals surface area contributed by atoms with E-state index in [1.165, 1.54) is 19.2 Å². The van der Waals surface area contributed by atoms with E-state index in [0.29, 0.717) is 0 Å². The first-order valence-electron chi connectivity index (χ1n) is 3.71. The van der Waals surface area contributed by atoms with Crippen molar-refractivity contribution in [3.05, 3.63) is 23.9 Å². The van der Waals surface area contributed by atoms with Crippen LogP contribution in [-0.4, -0.2) is 23.4 Å². The van der Waals surface area contributed by atoms with Crippen molar-refractivity contribution in [2.24, 2.45) is 0 Å². The number of rotatable bonds is 2. The number of aliphatic hydroxyl groups excluding tert-OH is 1. The van der Waals surface area contributed by atoms with Gasteiger partial charge in [0.05, 0.1) is 12.8 Å². The molecule has 0 aliphatic rings. The van der Waals surface area contributed by atoms with Crippen molar-refractivity contribution in [2.45, 2.75) is 12.3 Å². The third kappa shape index (κ3) is 2.35. The van der Waals surface area contributed by atoms with Gasteiger partial charge in [0.2, 0.25) is 5.88 Å². The van der Waals surface area contributed by atoms with Gasteiger partial charge in [-0.05, 0) is 6.07 Å². The van der Waals surface area contributed by atoms with Crippen LogP contribution in [0.15, 0.2) is 18.2 Å². The Hall–Kier alpha value is -1.30. The Bertz CT molecular complexity index is 314. The maximum Gasteiger partial charge on any atom is 0.420 e. The minimum Gasteiger partial charge on any atom is -0.481 e. The van der Waals surface area contributed by atoms with E-state index in [0.717, 1.165) is 6.07 Å². The Morgan fingerprint density at radius 2 is 2.07 bits per heavy atom. The zero-order valence-electron chi connectivity index (χ0n) is 7.25. The van der Waals surface area contributed by atoms with Crippen LogP contribution in [0.5, 0.6) is 5.88 Å². The summed E-state index contributed by atoms with van der Waals surface area (Å²) in [6.07, 6.45) is -7.28. The first-order valence-corrected chi connectivity index (χ1v) is 3.71. The molecule has 1 aromatic rings. The van der Waals surface area contributed by atoms with Crippen molar-refractivity contribution >= 4 is 0 Å². The summed E-state index contributed by atoms with van der Waals surface area (Å²) in [7, 11) is 1.28. The standard InChI is InChI=1S/C8H8F3NO2/c1-14-6-4-2-3-5(12-6)7(13)8(9,10)11/h2-4,7,13H,1H3/t7-/m0/s1. The van der Waals surface area contributed by atoms with Crippen molar-refractivity contribution in [1.29, 1.82) is 0 Å². The summed E-state index contributed by atoms with van der Waals surface area (Å²) in [5, 5.41) is 8.83. The normalized spacial score (nSPS) is 13.8. The molecule has 0 unspecified atom stereocenters. The Morgan fingerprint density at radius 1 is 1.43 bits per heavy atom. The molecule has 0 spiro atoms. The first-order chi connectivity index (χ1) is 6.45. The number of halogens is 3. The molecule has 0 radical (unpaired) electrons.